The van der Waals surface area contributed by atoms with Crippen molar-refractivity contribution in [2.24, 2.45) is 0 Å². The van der Waals surface area contributed by atoms with Crippen molar-refractivity contribution in [3.8, 4) is 11.3 Å². The second-order valence-corrected chi connectivity index (χ2v) is 8.42. The summed E-state index contributed by atoms with van der Waals surface area (Å²) >= 11 is 0. The van der Waals surface area contributed by atoms with Crippen LogP contribution in [0.25, 0.3) is 22.4 Å². The number of aromatic amines is 1. The molecule has 1 aliphatic rings. The summed E-state index contributed by atoms with van der Waals surface area (Å²) in [5.41, 5.74) is 3.63. The summed E-state index contributed by atoms with van der Waals surface area (Å²) < 4.78 is 37.0. The van der Waals surface area contributed by atoms with Crippen LogP contribution in [0.1, 0.15) is 47.8 Å². The van der Waals surface area contributed by atoms with Gasteiger partial charge in [0.2, 0.25) is 0 Å². The van der Waals surface area contributed by atoms with Gasteiger partial charge in [0.25, 0.3) is 5.91 Å². The molecule has 2 heterocycles. The van der Waals surface area contributed by atoms with Crippen LogP contribution in [-0.2, 0) is 4.79 Å². The summed E-state index contributed by atoms with van der Waals surface area (Å²) in [6.45, 7) is 0. The number of fused-ring (bicyclic) bond motifs is 1. The SMILES string of the molecule is O=C(NC1CCCC(c2nc3ccccc3[nH]2)C1)c1ccc(-c2cnco2)cc1.O=C(O)C(F)(F)F. The molecule has 2 aromatic heterocycles. The van der Waals surface area contributed by atoms with E-state index in [1.54, 1.807) is 6.20 Å². The van der Waals surface area contributed by atoms with Gasteiger partial charge in [-0.05, 0) is 43.5 Å². The molecule has 36 heavy (non-hydrogen) atoms. The number of hydrogen-bond donors (Lipinski definition) is 3. The predicted octanol–water partition coefficient (Wildman–Crippen LogP) is 5.31. The van der Waals surface area contributed by atoms with Crippen LogP contribution in [0.4, 0.5) is 13.2 Å². The van der Waals surface area contributed by atoms with E-state index in [2.05, 4.69) is 21.4 Å². The van der Waals surface area contributed by atoms with Gasteiger partial charge in [-0.3, -0.25) is 4.79 Å². The lowest BCUT2D eigenvalue weighted by molar-refractivity contribution is -0.192. The Kier molecular flexibility index (Phi) is 7.37. The minimum Gasteiger partial charge on any atom is -0.475 e. The number of nitrogens with one attached hydrogen (secondary N) is 2. The summed E-state index contributed by atoms with van der Waals surface area (Å²) in [5, 5.41) is 10.3. The van der Waals surface area contributed by atoms with Crippen LogP contribution in [0.5, 0.6) is 0 Å². The molecule has 4 aromatic rings. The first-order valence-corrected chi connectivity index (χ1v) is 11.2. The summed E-state index contributed by atoms with van der Waals surface area (Å²) in [7, 11) is 0. The molecule has 11 heteroatoms. The van der Waals surface area contributed by atoms with Crippen molar-refractivity contribution in [2.45, 2.75) is 43.8 Å². The zero-order chi connectivity index (χ0) is 25.7. The van der Waals surface area contributed by atoms with Crippen LogP contribution in [0.3, 0.4) is 0 Å². The first kappa shape index (κ1) is 25.0. The number of amides is 1. The standard InChI is InChI=1S/C23H22N4O2.C2HF3O2/c28-23(16-10-8-15(9-11-16)21-13-24-14-29-21)25-18-5-3-4-17(12-18)22-26-19-6-1-2-7-20(19)27-22;3-2(4,5)1(6)7/h1-2,6-11,13-14,17-18H,3-5,12H2,(H,25,28)(H,26,27);(H,6,7). The quantitative estimate of drug-likeness (QED) is 0.349. The largest absolute Gasteiger partial charge is 0.490 e. The van der Waals surface area contributed by atoms with E-state index < -0.39 is 12.1 Å². The molecule has 5 rings (SSSR count). The fourth-order valence-corrected chi connectivity index (χ4v) is 4.15. The Bertz CT molecular complexity index is 1280. The Hall–Kier alpha value is -4.15. The molecule has 2 atom stereocenters. The summed E-state index contributed by atoms with van der Waals surface area (Å²) in [5.74, 6) is -0.730. The average Bonchev–Trinajstić information content (AvgIpc) is 3.54. The van der Waals surface area contributed by atoms with Gasteiger partial charge in [0.1, 0.15) is 5.82 Å². The van der Waals surface area contributed by atoms with E-state index in [0.717, 1.165) is 48.1 Å². The lowest BCUT2D eigenvalue weighted by Crippen LogP contribution is -2.38. The maximum atomic E-state index is 12.7. The van der Waals surface area contributed by atoms with E-state index in [9.17, 15) is 18.0 Å². The Balaban J connectivity index is 0.000000384. The third-order valence-corrected chi connectivity index (χ3v) is 5.91. The highest BCUT2D eigenvalue weighted by molar-refractivity contribution is 5.94. The van der Waals surface area contributed by atoms with E-state index in [4.69, 9.17) is 19.3 Å². The number of carboxylic acid groups (broad SMARTS) is 1. The van der Waals surface area contributed by atoms with Gasteiger partial charge in [-0.15, -0.1) is 0 Å². The van der Waals surface area contributed by atoms with Crippen LogP contribution in [0.15, 0.2) is 65.5 Å². The molecule has 3 N–H and O–H groups in total. The molecule has 8 nitrogen and oxygen atoms in total. The number of oxazole rings is 1. The van der Waals surface area contributed by atoms with Crippen molar-refractivity contribution >= 4 is 22.9 Å². The first-order chi connectivity index (χ1) is 17.2. The Morgan fingerprint density at radius 1 is 1.08 bits per heavy atom. The molecule has 1 fully saturated rings. The lowest BCUT2D eigenvalue weighted by atomic mass is 9.85. The number of aliphatic carboxylic acids is 1. The second-order valence-electron chi connectivity index (χ2n) is 8.42. The van der Waals surface area contributed by atoms with Crippen LogP contribution >= 0.6 is 0 Å². The molecule has 0 bridgehead atoms. The molecular formula is C25H23F3N4O4. The molecule has 0 spiro atoms. The predicted molar refractivity (Wildman–Crippen MR) is 124 cm³/mol. The Morgan fingerprint density at radius 2 is 1.81 bits per heavy atom. The van der Waals surface area contributed by atoms with Crippen LogP contribution in [-0.4, -0.2) is 44.2 Å². The summed E-state index contributed by atoms with van der Waals surface area (Å²) in [4.78, 5) is 33.8. The second kappa shape index (κ2) is 10.6. The van der Waals surface area contributed by atoms with Gasteiger partial charge in [0, 0.05) is 23.1 Å². The number of carboxylic acids is 1. The highest BCUT2D eigenvalue weighted by atomic mass is 19.4. The van der Waals surface area contributed by atoms with Crippen molar-refractivity contribution in [3.63, 3.8) is 0 Å². The van der Waals surface area contributed by atoms with E-state index >= 15 is 0 Å². The van der Waals surface area contributed by atoms with Gasteiger partial charge in [0.15, 0.2) is 12.2 Å². The molecule has 188 valence electrons. The molecule has 0 saturated heterocycles. The minimum atomic E-state index is -5.08. The number of carbonyl (C=O) groups is 2. The zero-order valence-electron chi connectivity index (χ0n) is 19.0. The number of carbonyl (C=O) groups excluding carboxylic acids is 1. The number of H-pyrrole nitrogens is 1. The van der Waals surface area contributed by atoms with Crippen molar-refractivity contribution in [1.29, 1.82) is 0 Å². The number of hydrogen-bond acceptors (Lipinski definition) is 5. The molecule has 1 saturated carbocycles. The van der Waals surface area contributed by atoms with Gasteiger partial charge in [0.05, 0.1) is 17.2 Å². The number of alkyl halides is 3. The molecule has 1 amide bonds. The molecular weight excluding hydrogens is 477 g/mol. The van der Waals surface area contributed by atoms with Crippen molar-refractivity contribution in [2.75, 3.05) is 0 Å². The van der Waals surface area contributed by atoms with E-state index in [1.807, 2.05) is 42.5 Å². The normalized spacial score (nSPS) is 17.8. The minimum absolute atomic E-state index is 0.0376. The molecule has 2 unspecified atom stereocenters. The van der Waals surface area contributed by atoms with Crippen molar-refractivity contribution in [1.82, 2.24) is 20.3 Å². The van der Waals surface area contributed by atoms with Crippen LogP contribution < -0.4 is 5.32 Å². The highest BCUT2D eigenvalue weighted by Gasteiger charge is 2.38. The van der Waals surface area contributed by atoms with E-state index in [-0.39, 0.29) is 11.9 Å². The summed E-state index contributed by atoms with van der Waals surface area (Å²) in [6, 6.07) is 15.7. The number of para-hydroxylation sites is 2. The molecule has 0 aliphatic heterocycles. The average molecular weight is 500 g/mol. The number of halogens is 3. The highest BCUT2D eigenvalue weighted by Crippen LogP contribution is 2.32. The topological polar surface area (TPSA) is 121 Å². The van der Waals surface area contributed by atoms with E-state index in [0.29, 0.717) is 17.2 Å². The maximum absolute atomic E-state index is 12.7. The zero-order valence-corrected chi connectivity index (χ0v) is 19.0. The third-order valence-electron chi connectivity index (χ3n) is 5.91. The monoisotopic (exact) mass is 500 g/mol. The van der Waals surface area contributed by atoms with Gasteiger partial charge >= 0.3 is 12.1 Å². The maximum Gasteiger partial charge on any atom is 0.490 e. The fourth-order valence-electron chi connectivity index (χ4n) is 4.15. The number of imidazole rings is 1. The summed E-state index contributed by atoms with van der Waals surface area (Å²) in [6.07, 6.45) is 2.06. The Labute approximate surface area is 203 Å². The van der Waals surface area contributed by atoms with Crippen LogP contribution in [0.2, 0.25) is 0 Å². The number of nitrogens with zero attached hydrogens (tertiary/aromatic N) is 2. The van der Waals surface area contributed by atoms with Crippen molar-refractivity contribution < 1.29 is 32.3 Å². The van der Waals surface area contributed by atoms with E-state index in [1.165, 1.54) is 6.39 Å². The van der Waals surface area contributed by atoms with Gasteiger partial charge in [-0.2, -0.15) is 13.2 Å². The molecule has 0 radical (unpaired) electrons. The lowest BCUT2D eigenvalue weighted by Gasteiger charge is -2.28. The number of aromatic nitrogens is 3. The number of benzene rings is 2. The van der Waals surface area contributed by atoms with Crippen LogP contribution in [0, 0.1) is 0 Å². The van der Waals surface area contributed by atoms with Gasteiger partial charge in [-0.1, -0.05) is 30.7 Å². The van der Waals surface area contributed by atoms with Crippen molar-refractivity contribution in [3.05, 3.63) is 72.5 Å². The Morgan fingerprint density at radius 3 is 2.44 bits per heavy atom. The van der Waals surface area contributed by atoms with Gasteiger partial charge < -0.3 is 19.8 Å². The molecule has 1 aliphatic carbocycles. The number of rotatable bonds is 4. The first-order valence-electron chi connectivity index (χ1n) is 11.2. The third kappa shape index (κ3) is 6.09. The fraction of sp³-hybridized carbons (Fsp3) is 0.280. The van der Waals surface area contributed by atoms with Gasteiger partial charge in [-0.25, -0.2) is 14.8 Å². The smallest absolute Gasteiger partial charge is 0.475 e. The molecule has 2 aromatic carbocycles.